The van der Waals surface area contributed by atoms with E-state index in [1.165, 1.54) is 0 Å². The summed E-state index contributed by atoms with van der Waals surface area (Å²) in [5.41, 5.74) is 0.831. The zero-order valence-corrected chi connectivity index (χ0v) is 19.2. The first-order valence-electron chi connectivity index (χ1n) is 11.0. The second kappa shape index (κ2) is 13.7. The van der Waals surface area contributed by atoms with Crippen LogP contribution < -0.4 is 10.1 Å². The van der Waals surface area contributed by atoms with Gasteiger partial charge in [-0.2, -0.15) is 0 Å². The molecule has 2 amide bonds. The number of hydrogen-bond donors (Lipinski definition) is 1. The summed E-state index contributed by atoms with van der Waals surface area (Å²) in [6.07, 6.45) is 3.32. The molecule has 0 aliphatic rings. The van der Waals surface area contributed by atoms with Crippen LogP contribution in [0.3, 0.4) is 0 Å². The summed E-state index contributed by atoms with van der Waals surface area (Å²) in [4.78, 5) is 27.6. The second-order valence-electron chi connectivity index (χ2n) is 7.45. The lowest BCUT2D eigenvalue weighted by atomic mass is 10.1. The lowest BCUT2D eigenvalue weighted by molar-refractivity contribution is -0.141. The van der Waals surface area contributed by atoms with E-state index < -0.39 is 6.04 Å². The van der Waals surface area contributed by atoms with E-state index in [1.807, 2.05) is 55.5 Å². The fraction of sp³-hybridized carbons (Fsp3) is 0.440. The van der Waals surface area contributed by atoms with Crippen LogP contribution in [0.1, 0.15) is 51.5 Å². The predicted octanol–water partition coefficient (Wildman–Crippen LogP) is 5.22. The van der Waals surface area contributed by atoms with Crippen LogP contribution in [0.2, 0.25) is 5.02 Å². The van der Waals surface area contributed by atoms with Crippen molar-refractivity contribution in [2.75, 3.05) is 13.2 Å². The Labute approximate surface area is 190 Å². The fourth-order valence-electron chi connectivity index (χ4n) is 3.31. The molecule has 0 bridgehead atoms. The Morgan fingerprint density at radius 2 is 1.74 bits per heavy atom. The van der Waals surface area contributed by atoms with Gasteiger partial charge in [0.05, 0.1) is 6.61 Å². The van der Waals surface area contributed by atoms with Gasteiger partial charge in [-0.25, -0.2) is 0 Å². The zero-order chi connectivity index (χ0) is 22.5. The van der Waals surface area contributed by atoms with E-state index in [0.717, 1.165) is 24.2 Å². The van der Waals surface area contributed by atoms with E-state index in [-0.39, 0.29) is 11.8 Å². The molecule has 0 unspecified atom stereocenters. The molecule has 1 atom stereocenters. The molecule has 2 rings (SSSR count). The van der Waals surface area contributed by atoms with Gasteiger partial charge in [0.2, 0.25) is 11.8 Å². The van der Waals surface area contributed by atoms with Crippen LogP contribution in [0.25, 0.3) is 0 Å². The third-order valence-corrected chi connectivity index (χ3v) is 5.43. The van der Waals surface area contributed by atoms with Gasteiger partial charge in [0.25, 0.3) is 0 Å². The van der Waals surface area contributed by atoms with Crippen LogP contribution in [0, 0.1) is 0 Å². The first-order chi connectivity index (χ1) is 15.1. The summed E-state index contributed by atoms with van der Waals surface area (Å²) >= 11 is 6.34. The molecule has 6 heteroatoms. The Kier molecular flexibility index (Phi) is 10.9. The van der Waals surface area contributed by atoms with Crippen LogP contribution in [0.4, 0.5) is 0 Å². The average Bonchev–Trinajstić information content (AvgIpc) is 2.78. The molecule has 2 aromatic rings. The van der Waals surface area contributed by atoms with E-state index in [0.29, 0.717) is 44.0 Å². The molecule has 0 aliphatic heterocycles. The highest BCUT2D eigenvalue weighted by atomic mass is 35.5. The molecule has 2 aromatic carbocycles. The molecule has 0 spiro atoms. The van der Waals surface area contributed by atoms with Gasteiger partial charge < -0.3 is 15.0 Å². The highest BCUT2D eigenvalue weighted by Gasteiger charge is 2.28. The molecule has 0 saturated carbocycles. The SMILES string of the molecule is CCCCNC(=O)[C@@H](CC)N(Cc1ccccc1Cl)C(=O)CCCOc1ccccc1. The molecule has 1 N–H and O–H groups in total. The van der Waals surface area contributed by atoms with Crippen molar-refractivity contribution in [3.05, 3.63) is 65.2 Å². The Hall–Kier alpha value is -2.53. The summed E-state index contributed by atoms with van der Waals surface area (Å²) in [5, 5.41) is 3.56. The monoisotopic (exact) mass is 444 g/mol. The van der Waals surface area contributed by atoms with E-state index >= 15 is 0 Å². The number of hydrogen-bond acceptors (Lipinski definition) is 3. The Morgan fingerprint density at radius 1 is 1.03 bits per heavy atom. The number of unbranched alkanes of at least 4 members (excludes halogenated alkanes) is 1. The summed E-state index contributed by atoms with van der Waals surface area (Å²) in [7, 11) is 0. The Bertz CT molecular complexity index is 813. The summed E-state index contributed by atoms with van der Waals surface area (Å²) in [5.74, 6) is 0.593. The second-order valence-corrected chi connectivity index (χ2v) is 7.85. The highest BCUT2D eigenvalue weighted by molar-refractivity contribution is 6.31. The number of rotatable bonds is 13. The van der Waals surface area contributed by atoms with Crippen molar-refractivity contribution in [1.82, 2.24) is 10.2 Å². The van der Waals surface area contributed by atoms with Crippen molar-refractivity contribution in [3.8, 4) is 5.75 Å². The molecule has 168 valence electrons. The minimum Gasteiger partial charge on any atom is -0.494 e. The van der Waals surface area contributed by atoms with Crippen LogP contribution in [0.15, 0.2) is 54.6 Å². The maximum atomic E-state index is 13.2. The molecular weight excluding hydrogens is 412 g/mol. The normalized spacial score (nSPS) is 11.6. The lowest BCUT2D eigenvalue weighted by Crippen LogP contribution is -2.49. The van der Waals surface area contributed by atoms with Gasteiger partial charge in [-0.05, 0) is 43.0 Å². The number of para-hydroxylation sites is 1. The van der Waals surface area contributed by atoms with Gasteiger partial charge in [-0.3, -0.25) is 9.59 Å². The number of carbonyl (C=O) groups excluding carboxylic acids is 2. The molecule has 0 saturated heterocycles. The minimum absolute atomic E-state index is 0.0749. The third kappa shape index (κ3) is 8.25. The molecule has 5 nitrogen and oxygen atoms in total. The van der Waals surface area contributed by atoms with Gasteiger partial charge in [-0.1, -0.05) is 68.3 Å². The quantitative estimate of drug-likeness (QED) is 0.431. The molecular formula is C25H33ClN2O3. The van der Waals surface area contributed by atoms with E-state index in [1.54, 1.807) is 11.0 Å². The van der Waals surface area contributed by atoms with Crippen molar-refractivity contribution in [1.29, 1.82) is 0 Å². The summed E-state index contributed by atoms with van der Waals surface area (Å²) in [6, 6.07) is 16.4. The van der Waals surface area contributed by atoms with Crippen molar-refractivity contribution < 1.29 is 14.3 Å². The van der Waals surface area contributed by atoms with Crippen molar-refractivity contribution in [2.24, 2.45) is 0 Å². The van der Waals surface area contributed by atoms with Crippen LogP contribution >= 0.6 is 11.6 Å². The summed E-state index contributed by atoms with van der Waals surface area (Å²) in [6.45, 7) is 5.36. The maximum Gasteiger partial charge on any atom is 0.242 e. The van der Waals surface area contributed by atoms with Crippen molar-refractivity contribution in [2.45, 2.75) is 58.5 Å². The maximum absolute atomic E-state index is 13.2. The zero-order valence-electron chi connectivity index (χ0n) is 18.5. The number of benzene rings is 2. The molecule has 0 aromatic heterocycles. The molecule has 0 heterocycles. The van der Waals surface area contributed by atoms with Gasteiger partial charge in [0.1, 0.15) is 11.8 Å². The minimum atomic E-state index is -0.532. The largest absolute Gasteiger partial charge is 0.494 e. The number of halogens is 1. The van der Waals surface area contributed by atoms with Gasteiger partial charge in [0.15, 0.2) is 0 Å². The first kappa shape index (κ1) is 24.7. The van der Waals surface area contributed by atoms with E-state index in [9.17, 15) is 9.59 Å². The lowest BCUT2D eigenvalue weighted by Gasteiger charge is -2.31. The molecule has 31 heavy (non-hydrogen) atoms. The van der Waals surface area contributed by atoms with E-state index in [2.05, 4.69) is 12.2 Å². The van der Waals surface area contributed by atoms with Gasteiger partial charge >= 0.3 is 0 Å². The van der Waals surface area contributed by atoms with E-state index in [4.69, 9.17) is 16.3 Å². The number of nitrogens with one attached hydrogen (secondary N) is 1. The average molecular weight is 445 g/mol. The van der Waals surface area contributed by atoms with Crippen LogP contribution in [-0.2, 0) is 16.1 Å². The van der Waals surface area contributed by atoms with Crippen LogP contribution in [0.5, 0.6) is 5.75 Å². The smallest absolute Gasteiger partial charge is 0.242 e. The standard InChI is InChI=1S/C25H33ClN2O3/c1-3-5-17-27-25(30)23(4-2)28(19-20-12-9-10-15-22(20)26)24(29)16-11-18-31-21-13-7-6-8-14-21/h6-10,12-15,23H,3-5,11,16-19H2,1-2H3,(H,27,30)/t23-/m1/s1. The highest BCUT2D eigenvalue weighted by Crippen LogP contribution is 2.20. The number of nitrogens with zero attached hydrogens (tertiary/aromatic N) is 1. The van der Waals surface area contributed by atoms with Crippen LogP contribution in [-0.4, -0.2) is 35.9 Å². The summed E-state index contributed by atoms with van der Waals surface area (Å²) < 4.78 is 5.70. The third-order valence-electron chi connectivity index (χ3n) is 5.06. The predicted molar refractivity (Wildman–Crippen MR) is 125 cm³/mol. The molecule has 0 radical (unpaired) electrons. The van der Waals surface area contributed by atoms with Gasteiger partial charge in [0, 0.05) is 24.5 Å². The number of amides is 2. The fourth-order valence-corrected chi connectivity index (χ4v) is 3.51. The number of carbonyl (C=O) groups is 2. The van der Waals surface area contributed by atoms with Crippen molar-refractivity contribution >= 4 is 23.4 Å². The van der Waals surface area contributed by atoms with Gasteiger partial charge in [-0.15, -0.1) is 0 Å². The molecule has 0 fully saturated rings. The first-order valence-corrected chi connectivity index (χ1v) is 11.4. The Balaban J connectivity index is 2.05. The van der Waals surface area contributed by atoms with Crippen molar-refractivity contribution in [3.63, 3.8) is 0 Å². The topological polar surface area (TPSA) is 58.6 Å². The number of ether oxygens (including phenoxy) is 1. The Morgan fingerprint density at radius 3 is 2.42 bits per heavy atom. The molecule has 0 aliphatic carbocycles.